The molecule has 0 N–H and O–H groups in total. The molecule has 3 aromatic rings. The minimum Gasteiger partial charge on any atom is -0.454 e. The fourth-order valence-electron chi connectivity index (χ4n) is 3.72. The molecular weight excluding hydrogens is 444 g/mol. The van der Waals surface area contributed by atoms with Gasteiger partial charge in [0, 0.05) is 11.1 Å². The zero-order valence-corrected chi connectivity index (χ0v) is 17.5. The molecule has 2 aliphatic heterocycles. The SMILES string of the molecule is O=[N+]([O-])c1cc([N+](=O)[O-])c(/C=C/c2cccc3c2OCO3)cc1/C=C/c1cccc2c1OCO2. The minimum absolute atomic E-state index is 0.0880. The van der Waals surface area contributed by atoms with Crippen LogP contribution >= 0.6 is 0 Å². The fourth-order valence-corrected chi connectivity index (χ4v) is 3.72. The summed E-state index contributed by atoms with van der Waals surface area (Å²) in [5.74, 6) is 2.21. The number of nitrogens with zero attached hydrogens (tertiary/aromatic N) is 2. The molecule has 0 fully saturated rings. The summed E-state index contributed by atoms with van der Waals surface area (Å²) in [4.78, 5) is 22.0. The highest BCUT2D eigenvalue weighted by Crippen LogP contribution is 2.39. The van der Waals surface area contributed by atoms with Crippen molar-refractivity contribution in [3.8, 4) is 23.0 Å². The highest BCUT2D eigenvalue weighted by Gasteiger charge is 2.23. The molecule has 0 saturated heterocycles. The van der Waals surface area contributed by atoms with Crippen LogP contribution in [-0.4, -0.2) is 23.4 Å². The number of benzene rings is 3. The number of para-hydroxylation sites is 2. The van der Waals surface area contributed by atoms with Crippen LogP contribution in [0.15, 0.2) is 48.5 Å². The molecule has 5 rings (SSSR count). The van der Waals surface area contributed by atoms with Crippen molar-refractivity contribution in [2.75, 3.05) is 13.6 Å². The Morgan fingerprint density at radius 1 is 0.618 bits per heavy atom. The molecule has 170 valence electrons. The Kier molecular flexibility index (Phi) is 5.30. The number of hydrogen-bond acceptors (Lipinski definition) is 8. The number of fused-ring (bicyclic) bond motifs is 2. The second-order valence-corrected chi connectivity index (χ2v) is 7.31. The van der Waals surface area contributed by atoms with Crippen molar-refractivity contribution in [3.63, 3.8) is 0 Å². The Balaban J connectivity index is 1.57. The van der Waals surface area contributed by atoms with Crippen molar-refractivity contribution in [1.29, 1.82) is 0 Å². The number of rotatable bonds is 6. The first-order valence-electron chi connectivity index (χ1n) is 10.1. The predicted molar refractivity (Wildman–Crippen MR) is 123 cm³/mol. The van der Waals surface area contributed by atoms with E-state index in [1.165, 1.54) is 18.2 Å². The molecule has 0 spiro atoms. The van der Waals surface area contributed by atoms with Gasteiger partial charge in [0.05, 0.1) is 27.0 Å². The van der Waals surface area contributed by atoms with Gasteiger partial charge in [-0.15, -0.1) is 0 Å². The Labute approximate surface area is 192 Å². The van der Waals surface area contributed by atoms with Gasteiger partial charge in [-0.1, -0.05) is 36.4 Å². The molecule has 0 saturated carbocycles. The average molecular weight is 460 g/mol. The Hall–Kier alpha value is -4.86. The van der Waals surface area contributed by atoms with E-state index < -0.39 is 9.85 Å². The van der Waals surface area contributed by atoms with E-state index in [1.807, 2.05) is 0 Å². The lowest BCUT2D eigenvalue weighted by Gasteiger charge is -2.04. The second-order valence-electron chi connectivity index (χ2n) is 7.31. The molecule has 0 bridgehead atoms. The largest absolute Gasteiger partial charge is 0.454 e. The smallest absolute Gasteiger partial charge is 0.283 e. The maximum absolute atomic E-state index is 11.7. The van der Waals surface area contributed by atoms with Crippen LogP contribution in [0.2, 0.25) is 0 Å². The number of nitro groups is 2. The van der Waals surface area contributed by atoms with Gasteiger partial charge in [0.25, 0.3) is 11.4 Å². The number of hydrogen-bond donors (Lipinski definition) is 0. The summed E-state index contributed by atoms with van der Waals surface area (Å²) in [6.07, 6.45) is 6.33. The van der Waals surface area contributed by atoms with Crippen LogP contribution in [0.4, 0.5) is 11.4 Å². The Morgan fingerprint density at radius 3 is 1.50 bits per heavy atom. The van der Waals surface area contributed by atoms with E-state index in [0.717, 1.165) is 6.07 Å². The first kappa shape index (κ1) is 21.0. The molecule has 0 aromatic heterocycles. The zero-order valence-electron chi connectivity index (χ0n) is 17.5. The lowest BCUT2D eigenvalue weighted by atomic mass is 10.0. The zero-order chi connectivity index (χ0) is 23.7. The topological polar surface area (TPSA) is 123 Å². The predicted octanol–water partition coefficient (Wildman–Crippen LogP) is 5.30. The second kappa shape index (κ2) is 8.58. The summed E-state index contributed by atoms with van der Waals surface area (Å²) in [7, 11) is 0. The molecule has 2 heterocycles. The Bertz CT molecular complexity index is 1280. The number of ether oxygens (including phenoxy) is 4. The third kappa shape index (κ3) is 3.88. The molecule has 3 aromatic carbocycles. The van der Waals surface area contributed by atoms with Gasteiger partial charge in [-0.3, -0.25) is 20.2 Å². The maximum atomic E-state index is 11.7. The molecule has 0 amide bonds. The van der Waals surface area contributed by atoms with E-state index in [1.54, 1.807) is 48.6 Å². The van der Waals surface area contributed by atoms with Gasteiger partial charge in [0.2, 0.25) is 13.6 Å². The molecule has 0 radical (unpaired) electrons. The van der Waals surface area contributed by atoms with Gasteiger partial charge >= 0.3 is 0 Å². The lowest BCUT2D eigenvalue weighted by molar-refractivity contribution is -0.394. The highest BCUT2D eigenvalue weighted by molar-refractivity contribution is 5.83. The molecule has 2 aliphatic rings. The van der Waals surface area contributed by atoms with E-state index >= 15 is 0 Å². The quantitative estimate of drug-likeness (QED) is 0.276. The van der Waals surface area contributed by atoms with Crippen LogP contribution in [0.3, 0.4) is 0 Å². The highest BCUT2D eigenvalue weighted by atomic mass is 16.7. The van der Waals surface area contributed by atoms with Crippen LogP contribution in [0, 0.1) is 20.2 Å². The molecular formula is C24H16N2O8. The first-order valence-corrected chi connectivity index (χ1v) is 10.1. The molecule has 0 aliphatic carbocycles. The van der Waals surface area contributed by atoms with Gasteiger partial charge in [-0.25, -0.2) is 0 Å². The average Bonchev–Trinajstić information content (AvgIpc) is 3.50. The Morgan fingerprint density at radius 2 is 1.06 bits per heavy atom. The summed E-state index contributed by atoms with van der Waals surface area (Å²) in [5.41, 5.74) is 0.951. The number of nitro benzene ring substituents is 2. The fraction of sp³-hybridized carbons (Fsp3) is 0.0833. The normalized spacial score (nSPS) is 13.6. The van der Waals surface area contributed by atoms with Crippen molar-refractivity contribution < 1.29 is 28.8 Å². The standard InChI is InChI=1S/C24H16N2O8/c27-25(28)19-12-20(26(29)30)18(10-8-16-4-2-6-22-24(16)34-14-32-22)11-17(19)9-7-15-3-1-5-21-23(15)33-13-31-21/h1-12H,13-14H2/b9-7+,10-8+. The maximum Gasteiger partial charge on any atom is 0.283 e. The van der Waals surface area contributed by atoms with Gasteiger partial charge in [-0.05, 0) is 30.4 Å². The van der Waals surface area contributed by atoms with Gasteiger partial charge in [-0.2, -0.15) is 0 Å². The molecule has 0 atom stereocenters. The van der Waals surface area contributed by atoms with Gasteiger partial charge in [0.15, 0.2) is 23.0 Å². The van der Waals surface area contributed by atoms with Crippen molar-refractivity contribution in [2.45, 2.75) is 0 Å². The van der Waals surface area contributed by atoms with E-state index in [4.69, 9.17) is 18.9 Å². The molecule has 0 unspecified atom stereocenters. The van der Waals surface area contributed by atoms with Crippen molar-refractivity contribution >= 4 is 35.7 Å². The summed E-state index contributed by atoms with van der Waals surface area (Å²) >= 11 is 0. The summed E-state index contributed by atoms with van der Waals surface area (Å²) in [6.45, 7) is 0.176. The lowest BCUT2D eigenvalue weighted by Crippen LogP contribution is -1.98. The van der Waals surface area contributed by atoms with E-state index in [2.05, 4.69) is 0 Å². The molecule has 10 heteroatoms. The third-order valence-electron chi connectivity index (χ3n) is 5.31. The summed E-state index contributed by atoms with van der Waals surface area (Å²) in [5, 5.41) is 23.3. The van der Waals surface area contributed by atoms with Gasteiger partial charge < -0.3 is 18.9 Å². The minimum atomic E-state index is -0.648. The third-order valence-corrected chi connectivity index (χ3v) is 5.31. The molecule has 10 nitrogen and oxygen atoms in total. The van der Waals surface area contributed by atoms with Crippen LogP contribution in [-0.2, 0) is 0 Å². The van der Waals surface area contributed by atoms with Crippen LogP contribution in [0.25, 0.3) is 24.3 Å². The van der Waals surface area contributed by atoms with Crippen molar-refractivity contribution in [1.82, 2.24) is 0 Å². The summed E-state index contributed by atoms with van der Waals surface area (Å²) < 4.78 is 21.6. The van der Waals surface area contributed by atoms with E-state index in [-0.39, 0.29) is 36.1 Å². The van der Waals surface area contributed by atoms with Crippen LogP contribution in [0.5, 0.6) is 23.0 Å². The van der Waals surface area contributed by atoms with Crippen LogP contribution < -0.4 is 18.9 Å². The molecule has 34 heavy (non-hydrogen) atoms. The van der Waals surface area contributed by atoms with Crippen molar-refractivity contribution in [2.24, 2.45) is 0 Å². The van der Waals surface area contributed by atoms with Crippen LogP contribution in [0.1, 0.15) is 22.3 Å². The monoisotopic (exact) mass is 460 g/mol. The summed E-state index contributed by atoms with van der Waals surface area (Å²) in [6, 6.07) is 13.0. The van der Waals surface area contributed by atoms with Crippen molar-refractivity contribution in [3.05, 3.63) is 91.0 Å². The first-order chi connectivity index (χ1) is 16.5. The van der Waals surface area contributed by atoms with E-state index in [0.29, 0.717) is 34.1 Å². The van der Waals surface area contributed by atoms with E-state index in [9.17, 15) is 20.2 Å². The van der Waals surface area contributed by atoms with Gasteiger partial charge in [0.1, 0.15) is 0 Å².